The van der Waals surface area contributed by atoms with Crippen molar-refractivity contribution in [2.45, 2.75) is 12.3 Å². The molecule has 0 bridgehead atoms. The number of piperazine rings is 1. The maximum Gasteiger partial charge on any atom is 0.120 e. The zero-order chi connectivity index (χ0) is 12.4. The largest absolute Gasteiger partial charge is 0.384 e. The Bertz CT molecular complexity index is 441. The maximum absolute atomic E-state index is 10.6. The molecule has 1 aromatic rings. The van der Waals surface area contributed by atoms with E-state index in [4.69, 9.17) is 0 Å². The van der Waals surface area contributed by atoms with Gasteiger partial charge in [0, 0.05) is 56.4 Å². The summed E-state index contributed by atoms with van der Waals surface area (Å²) in [5.41, 5.74) is 3.79. The van der Waals surface area contributed by atoms with Gasteiger partial charge in [0.2, 0.25) is 0 Å². The van der Waals surface area contributed by atoms with Gasteiger partial charge in [0.15, 0.2) is 0 Å². The van der Waals surface area contributed by atoms with Gasteiger partial charge in [0.1, 0.15) is 6.29 Å². The van der Waals surface area contributed by atoms with Crippen LogP contribution in [0.25, 0.3) is 0 Å². The standard InChI is InChI=1S/C14H19N3O/c18-8-3-11-10-16-14-9-12(1-2-13(11)14)17-6-4-15-5-7-17/h1-2,8-9,11,15-16H,3-7,10H2. The van der Waals surface area contributed by atoms with Crippen LogP contribution in [0.5, 0.6) is 0 Å². The molecule has 1 saturated heterocycles. The molecular formula is C14H19N3O. The SMILES string of the molecule is O=CCC1CNc2cc(N3CCNCC3)ccc21. The number of carbonyl (C=O) groups is 1. The minimum absolute atomic E-state index is 0.356. The molecule has 4 heteroatoms. The highest BCUT2D eigenvalue weighted by Gasteiger charge is 2.22. The lowest BCUT2D eigenvalue weighted by molar-refractivity contribution is -0.108. The summed E-state index contributed by atoms with van der Waals surface area (Å²) in [6, 6.07) is 6.60. The van der Waals surface area contributed by atoms with Crippen LogP contribution >= 0.6 is 0 Å². The molecule has 3 rings (SSSR count). The topological polar surface area (TPSA) is 44.4 Å². The van der Waals surface area contributed by atoms with Crippen LogP contribution in [0, 0.1) is 0 Å². The van der Waals surface area contributed by atoms with Crippen molar-refractivity contribution in [3.63, 3.8) is 0 Å². The fraction of sp³-hybridized carbons (Fsp3) is 0.500. The number of nitrogens with zero attached hydrogens (tertiary/aromatic N) is 1. The quantitative estimate of drug-likeness (QED) is 0.785. The van der Waals surface area contributed by atoms with Crippen LogP contribution in [0.15, 0.2) is 18.2 Å². The van der Waals surface area contributed by atoms with Crippen molar-refractivity contribution >= 4 is 17.7 Å². The lowest BCUT2D eigenvalue weighted by Gasteiger charge is -2.29. The zero-order valence-electron chi connectivity index (χ0n) is 10.5. The van der Waals surface area contributed by atoms with E-state index in [0.717, 1.165) is 39.0 Å². The second-order valence-corrected chi connectivity index (χ2v) is 4.99. The van der Waals surface area contributed by atoms with E-state index in [1.165, 1.54) is 16.9 Å². The van der Waals surface area contributed by atoms with Crippen LogP contribution in [-0.2, 0) is 4.79 Å². The Morgan fingerprint density at radius 2 is 2.17 bits per heavy atom. The molecule has 2 heterocycles. The molecule has 1 atom stereocenters. The van der Waals surface area contributed by atoms with Gasteiger partial charge >= 0.3 is 0 Å². The second kappa shape index (κ2) is 4.98. The summed E-state index contributed by atoms with van der Waals surface area (Å²) in [5.74, 6) is 0.356. The Labute approximate surface area is 107 Å². The number of rotatable bonds is 3. The van der Waals surface area contributed by atoms with E-state index < -0.39 is 0 Å². The Balaban J connectivity index is 1.81. The number of aldehydes is 1. The average Bonchev–Trinajstić information content (AvgIpc) is 2.83. The smallest absolute Gasteiger partial charge is 0.120 e. The molecule has 2 aliphatic rings. The monoisotopic (exact) mass is 245 g/mol. The molecule has 1 unspecified atom stereocenters. The van der Waals surface area contributed by atoms with Gasteiger partial charge < -0.3 is 20.3 Å². The Morgan fingerprint density at radius 1 is 1.33 bits per heavy atom. The summed E-state index contributed by atoms with van der Waals surface area (Å²) < 4.78 is 0. The van der Waals surface area contributed by atoms with Crippen molar-refractivity contribution in [3.8, 4) is 0 Å². The van der Waals surface area contributed by atoms with Gasteiger partial charge in [-0.3, -0.25) is 0 Å². The fourth-order valence-corrected chi connectivity index (χ4v) is 2.84. The maximum atomic E-state index is 10.6. The van der Waals surface area contributed by atoms with E-state index in [1.807, 2.05) is 0 Å². The molecule has 2 N–H and O–H groups in total. The van der Waals surface area contributed by atoms with Crippen LogP contribution in [0.1, 0.15) is 17.9 Å². The van der Waals surface area contributed by atoms with Gasteiger partial charge in [-0.2, -0.15) is 0 Å². The van der Waals surface area contributed by atoms with Crippen LogP contribution in [0.4, 0.5) is 11.4 Å². The molecule has 0 aliphatic carbocycles. The third-order valence-corrected chi connectivity index (χ3v) is 3.88. The van der Waals surface area contributed by atoms with Crippen molar-refractivity contribution in [1.29, 1.82) is 0 Å². The molecule has 4 nitrogen and oxygen atoms in total. The van der Waals surface area contributed by atoms with E-state index in [0.29, 0.717) is 12.3 Å². The van der Waals surface area contributed by atoms with Crippen LogP contribution < -0.4 is 15.5 Å². The van der Waals surface area contributed by atoms with Gasteiger partial charge in [0.05, 0.1) is 0 Å². The number of hydrogen-bond acceptors (Lipinski definition) is 4. The number of hydrogen-bond donors (Lipinski definition) is 2. The minimum Gasteiger partial charge on any atom is -0.384 e. The molecule has 0 aromatic heterocycles. The highest BCUT2D eigenvalue weighted by atomic mass is 16.1. The first-order valence-electron chi connectivity index (χ1n) is 6.65. The first-order chi connectivity index (χ1) is 8.88. The van der Waals surface area contributed by atoms with Gasteiger partial charge in [0.25, 0.3) is 0 Å². The number of carbonyl (C=O) groups excluding carboxylic acids is 1. The van der Waals surface area contributed by atoms with E-state index in [9.17, 15) is 4.79 Å². The molecule has 0 radical (unpaired) electrons. The normalized spacial score (nSPS) is 22.4. The third kappa shape index (κ3) is 2.08. The van der Waals surface area contributed by atoms with Gasteiger partial charge in [-0.25, -0.2) is 0 Å². The van der Waals surface area contributed by atoms with Crippen LogP contribution in [-0.4, -0.2) is 39.0 Å². The highest BCUT2D eigenvalue weighted by molar-refractivity contribution is 5.68. The van der Waals surface area contributed by atoms with Crippen molar-refractivity contribution in [2.75, 3.05) is 42.9 Å². The van der Waals surface area contributed by atoms with E-state index in [2.05, 4.69) is 33.7 Å². The molecule has 0 saturated carbocycles. The number of anilines is 2. The Hall–Kier alpha value is -1.55. The van der Waals surface area contributed by atoms with Crippen molar-refractivity contribution in [1.82, 2.24) is 5.32 Å². The van der Waals surface area contributed by atoms with E-state index in [-0.39, 0.29) is 0 Å². The predicted molar refractivity (Wildman–Crippen MR) is 73.4 cm³/mol. The van der Waals surface area contributed by atoms with Crippen molar-refractivity contribution in [3.05, 3.63) is 23.8 Å². The van der Waals surface area contributed by atoms with Gasteiger partial charge in [-0.05, 0) is 17.7 Å². The minimum atomic E-state index is 0.356. The Morgan fingerprint density at radius 3 is 2.94 bits per heavy atom. The molecular weight excluding hydrogens is 226 g/mol. The van der Waals surface area contributed by atoms with Gasteiger partial charge in [-0.1, -0.05) is 6.07 Å². The van der Waals surface area contributed by atoms with Crippen molar-refractivity contribution < 1.29 is 4.79 Å². The molecule has 1 fully saturated rings. The second-order valence-electron chi connectivity index (χ2n) is 4.99. The van der Waals surface area contributed by atoms with E-state index >= 15 is 0 Å². The molecule has 1 aromatic carbocycles. The number of fused-ring (bicyclic) bond motifs is 1. The summed E-state index contributed by atoms with van der Waals surface area (Å²) in [6.45, 7) is 5.13. The third-order valence-electron chi connectivity index (χ3n) is 3.88. The summed E-state index contributed by atoms with van der Waals surface area (Å²) in [5, 5.41) is 6.78. The van der Waals surface area contributed by atoms with Crippen LogP contribution in [0.2, 0.25) is 0 Å². The molecule has 2 aliphatic heterocycles. The molecule has 96 valence electrons. The summed E-state index contributed by atoms with van der Waals surface area (Å²) in [4.78, 5) is 13.1. The predicted octanol–water partition coefficient (Wildman–Crippen LogP) is 1.19. The van der Waals surface area contributed by atoms with Crippen LogP contribution in [0.3, 0.4) is 0 Å². The molecule has 0 amide bonds. The average molecular weight is 245 g/mol. The zero-order valence-corrected chi connectivity index (χ0v) is 10.5. The Kier molecular flexibility index (Phi) is 3.19. The number of nitrogens with one attached hydrogen (secondary N) is 2. The molecule has 18 heavy (non-hydrogen) atoms. The van der Waals surface area contributed by atoms with E-state index in [1.54, 1.807) is 0 Å². The first-order valence-corrected chi connectivity index (χ1v) is 6.65. The first kappa shape index (κ1) is 11.5. The summed E-state index contributed by atoms with van der Waals surface area (Å²) in [6.07, 6.45) is 1.64. The molecule has 0 spiro atoms. The van der Waals surface area contributed by atoms with Crippen molar-refractivity contribution in [2.24, 2.45) is 0 Å². The summed E-state index contributed by atoms with van der Waals surface area (Å²) in [7, 11) is 0. The summed E-state index contributed by atoms with van der Waals surface area (Å²) >= 11 is 0. The lowest BCUT2D eigenvalue weighted by atomic mass is 9.98. The fourth-order valence-electron chi connectivity index (χ4n) is 2.84. The highest BCUT2D eigenvalue weighted by Crippen LogP contribution is 2.35. The van der Waals surface area contributed by atoms with Gasteiger partial charge in [-0.15, -0.1) is 0 Å². The number of benzene rings is 1. The lowest BCUT2D eigenvalue weighted by Crippen LogP contribution is -2.43.